The summed E-state index contributed by atoms with van der Waals surface area (Å²) in [5, 5.41) is 44.1. The maximum Gasteiger partial charge on any atom is 0.268 e. The van der Waals surface area contributed by atoms with Crippen molar-refractivity contribution in [1.82, 2.24) is 63.1 Å². The maximum absolute atomic E-state index is 14.6. The zero-order chi connectivity index (χ0) is 64.7. The second-order valence-corrected chi connectivity index (χ2v) is 21.1. The molecule has 0 radical (unpaired) electrons. The van der Waals surface area contributed by atoms with Crippen LogP contribution in [0.4, 0.5) is 0 Å². The number of nitrogens with one attached hydrogen (secondary N) is 11. The smallest absolute Gasteiger partial charge is 0.268 e. The number of amides is 10. The number of aromatic nitrogens is 1. The molecule has 3 unspecified atom stereocenters. The van der Waals surface area contributed by atoms with E-state index in [1.165, 1.54) is 24.1 Å². The molecule has 0 aliphatic carbocycles. The number of guanidine groups is 1. The van der Waals surface area contributed by atoms with E-state index in [-0.39, 0.29) is 89.2 Å². The van der Waals surface area contributed by atoms with Crippen molar-refractivity contribution in [2.24, 2.45) is 45.9 Å². The van der Waals surface area contributed by atoms with Gasteiger partial charge in [-0.1, -0.05) is 18.6 Å². The van der Waals surface area contributed by atoms with Crippen molar-refractivity contribution in [3.05, 3.63) is 41.9 Å². The third-order valence-electron chi connectivity index (χ3n) is 14.0. The van der Waals surface area contributed by atoms with Crippen LogP contribution in [-0.4, -0.2) is 200 Å². The molecule has 1 aliphatic heterocycles. The molecule has 10 amide bonds. The Balaban J connectivity index is 2.36. The normalized spacial score (nSPS) is 15.8. The summed E-state index contributed by atoms with van der Waals surface area (Å²) < 4.78 is 0. The van der Waals surface area contributed by atoms with Gasteiger partial charge in [-0.2, -0.15) is 0 Å². The number of hydrogen-bond acceptors (Lipinski definition) is 20. The van der Waals surface area contributed by atoms with Crippen molar-refractivity contribution in [2.75, 3.05) is 65.4 Å². The summed E-state index contributed by atoms with van der Waals surface area (Å²) in [5.41, 5.74) is 45.6. The first-order valence-electron chi connectivity index (χ1n) is 30.0. The van der Waals surface area contributed by atoms with E-state index in [9.17, 15) is 53.1 Å². The van der Waals surface area contributed by atoms with Crippen molar-refractivity contribution in [3.63, 3.8) is 0 Å². The Hall–Kier alpha value is -7.46. The molecular weight excluding hydrogens is 1130 g/mol. The molecule has 1 aromatic rings. The van der Waals surface area contributed by atoms with Crippen LogP contribution >= 0.6 is 0 Å². The van der Waals surface area contributed by atoms with Crippen LogP contribution in [0.15, 0.2) is 36.2 Å². The van der Waals surface area contributed by atoms with Gasteiger partial charge in [0.25, 0.3) is 5.91 Å². The fourth-order valence-electron chi connectivity index (χ4n) is 9.07. The lowest BCUT2D eigenvalue weighted by Crippen LogP contribution is -2.60. The number of carbonyl (C=O) groups is 10. The van der Waals surface area contributed by atoms with Crippen LogP contribution in [0.3, 0.4) is 0 Å². The van der Waals surface area contributed by atoms with Gasteiger partial charge in [-0.05, 0) is 148 Å². The standard InChI is InChI=1S/C55H99N21O11/c1-34(69-53(86)45(43(77)32-61)75-47(80)36(62)16-2-6-22-56)46(79)68-33-44(78)70-40(19-12-26-60)54(87)76-30-14-21-42(76)52(85)74-41(31-35-15-5-10-27-65-35)51(84)73-38(18-4-8-24-58)49(82)72-39(20-13-29-67-55(63)64)50(83)71-37(17-3-7-23-57)48(81)66-28-11-9-25-59/h5,10,15,20,27,34,36-38,40-43,45,77H,2-4,6-9,11-14,16-19,21-26,28-33,56-62H2,1H3,(H,66,81)(H,68,79)(H,69,86)(H,70,78)(H,71,83)(H,72,82)(H,73,84)(H,74,85)(H,75,80)(H4,63,64,67)/b39-20-/t34?,36?,37-,38-,40+,41?,42-,43-,45-/m0/s1. The van der Waals surface area contributed by atoms with Crippen molar-refractivity contribution in [3.8, 4) is 0 Å². The van der Waals surface area contributed by atoms with Crippen molar-refractivity contribution < 1.29 is 53.1 Å². The molecule has 0 saturated carbocycles. The summed E-state index contributed by atoms with van der Waals surface area (Å²) in [4.78, 5) is 143. The number of carbonyl (C=O) groups excluding carboxylic acids is 10. The van der Waals surface area contributed by atoms with Gasteiger partial charge >= 0.3 is 0 Å². The fourth-order valence-corrected chi connectivity index (χ4v) is 9.07. The molecule has 0 aromatic carbocycles. The summed E-state index contributed by atoms with van der Waals surface area (Å²) in [6.45, 7) is 2.27. The highest BCUT2D eigenvalue weighted by Gasteiger charge is 2.40. The topological polar surface area (TPSA) is 559 Å². The number of likely N-dealkylation sites (tertiary alicyclic amines) is 1. The van der Waals surface area contributed by atoms with Gasteiger partial charge in [-0.25, -0.2) is 0 Å². The van der Waals surface area contributed by atoms with Gasteiger partial charge in [0, 0.05) is 44.5 Å². The van der Waals surface area contributed by atoms with Gasteiger partial charge in [0.15, 0.2) is 5.96 Å². The summed E-state index contributed by atoms with van der Waals surface area (Å²) in [6.07, 6.45) is 6.88. The fraction of sp³-hybridized carbons (Fsp3) is 0.673. The van der Waals surface area contributed by atoms with Crippen LogP contribution in [0.2, 0.25) is 0 Å². The Morgan fingerprint density at radius 2 is 1.28 bits per heavy atom. The third-order valence-corrected chi connectivity index (χ3v) is 14.0. The van der Waals surface area contributed by atoms with E-state index in [2.05, 4.69) is 58.2 Å². The van der Waals surface area contributed by atoms with Crippen molar-refractivity contribution >= 4 is 65.0 Å². The zero-order valence-corrected chi connectivity index (χ0v) is 50.2. The number of nitrogens with two attached hydrogens (primary N) is 8. The highest BCUT2D eigenvalue weighted by Crippen LogP contribution is 2.21. The van der Waals surface area contributed by atoms with E-state index in [4.69, 9.17) is 51.3 Å². The predicted molar refractivity (Wildman–Crippen MR) is 325 cm³/mol. The molecular formula is C55H99N21O11. The summed E-state index contributed by atoms with van der Waals surface area (Å²) in [5.74, 6) is -7.95. The SMILES string of the molecule is CC(NC(=O)[C@@H](NC(=O)C(N)CCCCN)[C@@H](O)CN)C(=O)NCC(=O)N[C@H](CCCN)C(=O)N1CCC[C@H]1C(=O)NC(Cc1ccccn1)C(=O)N[C@@H](CCCCN)C(=O)N/C(=C\CCNC(=N)N)C(=O)N[C@@H](CCCCN)C(=O)NCCCCN. The average Bonchev–Trinajstić information content (AvgIpc) is 2.73. The van der Waals surface area contributed by atoms with E-state index < -0.39 is 127 Å². The molecule has 2 heterocycles. The second kappa shape index (κ2) is 43.2. The number of hydrogen-bond donors (Lipinski definition) is 20. The molecule has 1 aromatic heterocycles. The van der Waals surface area contributed by atoms with Crippen LogP contribution in [0.1, 0.15) is 115 Å². The first kappa shape index (κ1) is 75.6. The van der Waals surface area contributed by atoms with Gasteiger partial charge in [-0.3, -0.25) is 58.3 Å². The minimum atomic E-state index is -1.57. The largest absolute Gasteiger partial charge is 0.389 e. The number of aliphatic hydroxyl groups is 1. The van der Waals surface area contributed by atoms with E-state index in [1.54, 1.807) is 18.2 Å². The van der Waals surface area contributed by atoms with Gasteiger partial charge in [0.2, 0.25) is 53.2 Å². The van der Waals surface area contributed by atoms with Gasteiger partial charge in [0.1, 0.15) is 48.0 Å². The number of unbranched alkanes of at least 4 members (excludes halogenated alkanes) is 4. The Kier molecular flexibility index (Phi) is 37.6. The van der Waals surface area contributed by atoms with E-state index >= 15 is 0 Å². The molecule has 28 N–H and O–H groups in total. The van der Waals surface area contributed by atoms with Crippen LogP contribution < -0.4 is 99.0 Å². The lowest BCUT2D eigenvalue weighted by molar-refractivity contribution is -0.142. The van der Waals surface area contributed by atoms with E-state index in [1.807, 2.05) is 0 Å². The van der Waals surface area contributed by atoms with Crippen molar-refractivity contribution in [1.29, 1.82) is 5.41 Å². The summed E-state index contributed by atoms with van der Waals surface area (Å²) in [7, 11) is 0. The Morgan fingerprint density at radius 3 is 1.89 bits per heavy atom. The molecule has 1 aliphatic rings. The highest BCUT2D eigenvalue weighted by atomic mass is 16.3. The molecule has 32 heteroatoms. The summed E-state index contributed by atoms with van der Waals surface area (Å²) in [6, 6.07) is -5.03. The number of nitrogens with zero attached hydrogens (tertiary/aromatic N) is 2. The van der Waals surface area contributed by atoms with Crippen LogP contribution in [0.25, 0.3) is 0 Å². The lowest BCUT2D eigenvalue weighted by atomic mass is 10.0. The van der Waals surface area contributed by atoms with Crippen LogP contribution in [-0.2, 0) is 54.4 Å². The Morgan fingerprint density at radius 1 is 0.655 bits per heavy atom. The number of aliphatic hydroxyl groups excluding tert-OH is 1. The number of rotatable bonds is 44. The lowest BCUT2D eigenvalue weighted by Gasteiger charge is -2.30. The van der Waals surface area contributed by atoms with Crippen molar-refractivity contribution in [2.45, 2.75) is 171 Å². The molecule has 1 saturated heterocycles. The molecule has 32 nitrogen and oxygen atoms in total. The number of pyridine rings is 1. The van der Waals surface area contributed by atoms with Crippen LogP contribution in [0.5, 0.6) is 0 Å². The quantitative estimate of drug-likeness (QED) is 0.0125. The first-order chi connectivity index (χ1) is 41.7. The minimum Gasteiger partial charge on any atom is -0.389 e. The molecule has 0 spiro atoms. The summed E-state index contributed by atoms with van der Waals surface area (Å²) >= 11 is 0. The van der Waals surface area contributed by atoms with Gasteiger partial charge in [-0.15, -0.1) is 0 Å². The Bertz CT molecular complexity index is 2370. The second-order valence-electron chi connectivity index (χ2n) is 21.1. The average molecular weight is 1230 g/mol. The molecule has 0 bridgehead atoms. The maximum atomic E-state index is 14.6. The molecule has 490 valence electrons. The minimum absolute atomic E-state index is 0.0289. The molecule has 2 rings (SSSR count). The van der Waals surface area contributed by atoms with E-state index in [0.717, 1.165) is 0 Å². The van der Waals surface area contributed by atoms with Gasteiger partial charge < -0.3 is 109 Å². The molecule has 87 heavy (non-hydrogen) atoms. The van der Waals surface area contributed by atoms with Crippen LogP contribution in [0, 0.1) is 5.41 Å². The monoisotopic (exact) mass is 1230 g/mol. The Labute approximate surface area is 508 Å². The van der Waals surface area contributed by atoms with Gasteiger partial charge in [0.05, 0.1) is 18.7 Å². The predicted octanol–water partition coefficient (Wildman–Crippen LogP) is -6.84. The van der Waals surface area contributed by atoms with E-state index in [0.29, 0.717) is 89.7 Å². The third kappa shape index (κ3) is 29.2. The molecule has 1 fully saturated rings. The molecule has 9 atom stereocenters. The highest BCUT2D eigenvalue weighted by molar-refractivity contribution is 6.02. The zero-order valence-electron chi connectivity index (χ0n) is 50.2. The first-order valence-corrected chi connectivity index (χ1v) is 30.0.